The molecule has 0 aliphatic heterocycles. The van der Waals surface area contributed by atoms with Gasteiger partial charge in [0.05, 0.1) is 34.1 Å². The van der Waals surface area contributed by atoms with Crippen molar-refractivity contribution in [2.24, 2.45) is 5.10 Å². The normalized spacial score (nSPS) is 11.7. The van der Waals surface area contributed by atoms with Crippen LogP contribution >= 0.6 is 11.8 Å². The molecule has 1 amide bonds. The van der Waals surface area contributed by atoms with Crippen LogP contribution in [0, 0.1) is 0 Å². The van der Waals surface area contributed by atoms with Crippen molar-refractivity contribution in [2.75, 3.05) is 5.75 Å². The van der Waals surface area contributed by atoms with Crippen molar-refractivity contribution in [1.82, 2.24) is 15.0 Å². The van der Waals surface area contributed by atoms with Crippen molar-refractivity contribution in [1.29, 1.82) is 0 Å². The maximum atomic E-state index is 13.1. The number of carbonyl (C=O) groups is 1. The van der Waals surface area contributed by atoms with Crippen molar-refractivity contribution in [3.63, 3.8) is 0 Å². The third-order valence-electron chi connectivity index (χ3n) is 4.75. The van der Waals surface area contributed by atoms with E-state index >= 15 is 0 Å². The predicted octanol–water partition coefficient (Wildman–Crippen LogP) is 4.65. The molecule has 0 radical (unpaired) electrons. The van der Waals surface area contributed by atoms with Gasteiger partial charge in [-0.1, -0.05) is 60.3 Å². The molecule has 1 heterocycles. The highest BCUT2D eigenvalue weighted by molar-refractivity contribution is 7.99. The van der Waals surface area contributed by atoms with Crippen LogP contribution < -0.4 is 11.0 Å². The molecular weight excluding hydrogens is 465 g/mol. The van der Waals surface area contributed by atoms with Gasteiger partial charge >= 0.3 is 6.18 Å². The standard InChI is InChI=1S/C24H17F3N4O2S/c25-24(26,27)19-12-6-4-8-16(19)14-28-30-21(32)15-34-23-29-20-13-7-5-11-18(20)22(33)31(23)17-9-2-1-3-10-17/h1-14H,15H2,(H,30,32)/b28-14-. The average molecular weight is 482 g/mol. The second-order valence-electron chi connectivity index (χ2n) is 7.05. The van der Waals surface area contributed by atoms with E-state index in [0.29, 0.717) is 21.7 Å². The Morgan fingerprint density at radius 2 is 1.68 bits per heavy atom. The van der Waals surface area contributed by atoms with Crippen LogP contribution in [0.15, 0.2) is 93.9 Å². The van der Waals surface area contributed by atoms with Gasteiger partial charge in [-0.05, 0) is 30.3 Å². The van der Waals surface area contributed by atoms with Gasteiger partial charge in [0, 0.05) is 5.56 Å². The maximum Gasteiger partial charge on any atom is 0.417 e. The molecule has 0 bridgehead atoms. The summed E-state index contributed by atoms with van der Waals surface area (Å²) in [5.41, 5.74) is 2.00. The Balaban J connectivity index is 1.54. The van der Waals surface area contributed by atoms with E-state index in [1.807, 2.05) is 6.07 Å². The highest BCUT2D eigenvalue weighted by Gasteiger charge is 2.32. The highest BCUT2D eigenvalue weighted by atomic mass is 32.2. The molecule has 0 unspecified atom stereocenters. The number of hydrogen-bond acceptors (Lipinski definition) is 5. The third kappa shape index (κ3) is 5.18. The minimum absolute atomic E-state index is 0.157. The van der Waals surface area contributed by atoms with Crippen LogP contribution in [0.5, 0.6) is 0 Å². The smallest absolute Gasteiger partial charge is 0.272 e. The van der Waals surface area contributed by atoms with Crippen molar-refractivity contribution < 1.29 is 18.0 Å². The molecule has 1 N–H and O–H groups in total. The summed E-state index contributed by atoms with van der Waals surface area (Å²) < 4.78 is 40.7. The lowest BCUT2D eigenvalue weighted by Crippen LogP contribution is -2.24. The highest BCUT2D eigenvalue weighted by Crippen LogP contribution is 2.31. The first kappa shape index (κ1) is 23.2. The summed E-state index contributed by atoms with van der Waals surface area (Å²) in [4.78, 5) is 30.0. The number of nitrogens with zero attached hydrogens (tertiary/aromatic N) is 3. The summed E-state index contributed by atoms with van der Waals surface area (Å²) in [6.45, 7) is 0. The lowest BCUT2D eigenvalue weighted by Gasteiger charge is -2.12. The molecule has 172 valence electrons. The quantitative estimate of drug-likeness (QED) is 0.188. The second kappa shape index (κ2) is 9.92. The zero-order valence-corrected chi connectivity index (χ0v) is 18.3. The molecule has 4 aromatic rings. The molecule has 0 atom stereocenters. The van der Waals surface area contributed by atoms with E-state index in [1.54, 1.807) is 48.5 Å². The zero-order valence-electron chi connectivity index (χ0n) is 17.5. The SMILES string of the molecule is O=C(CSc1nc2ccccc2c(=O)n1-c1ccccc1)N/N=C\c1ccccc1C(F)(F)F. The van der Waals surface area contributed by atoms with Gasteiger partial charge in [-0.3, -0.25) is 14.2 Å². The van der Waals surface area contributed by atoms with Crippen molar-refractivity contribution in [3.05, 3.63) is 100 Å². The number of halogens is 3. The predicted molar refractivity (Wildman–Crippen MR) is 125 cm³/mol. The number of carbonyl (C=O) groups excluding carboxylic acids is 1. The number of nitrogens with one attached hydrogen (secondary N) is 1. The zero-order chi connectivity index (χ0) is 24.1. The monoisotopic (exact) mass is 482 g/mol. The van der Waals surface area contributed by atoms with Crippen LogP contribution in [0.1, 0.15) is 11.1 Å². The second-order valence-corrected chi connectivity index (χ2v) is 8.00. The van der Waals surface area contributed by atoms with Crippen molar-refractivity contribution >= 4 is 34.8 Å². The lowest BCUT2D eigenvalue weighted by molar-refractivity contribution is -0.137. The Morgan fingerprint density at radius 3 is 2.44 bits per heavy atom. The van der Waals surface area contributed by atoms with E-state index in [9.17, 15) is 22.8 Å². The molecule has 6 nitrogen and oxygen atoms in total. The number of alkyl halides is 3. The number of amides is 1. The number of benzene rings is 3. The van der Waals surface area contributed by atoms with Gasteiger partial charge in [0.1, 0.15) is 0 Å². The van der Waals surface area contributed by atoms with Crippen molar-refractivity contribution in [2.45, 2.75) is 11.3 Å². The summed E-state index contributed by atoms with van der Waals surface area (Å²) in [6.07, 6.45) is -3.59. The average Bonchev–Trinajstić information content (AvgIpc) is 2.83. The minimum Gasteiger partial charge on any atom is -0.272 e. The van der Waals surface area contributed by atoms with Crippen LogP contribution in [0.3, 0.4) is 0 Å². The molecule has 0 aliphatic carbocycles. The first-order valence-electron chi connectivity index (χ1n) is 10.0. The van der Waals surface area contributed by atoms with Crippen LogP contribution in [-0.2, 0) is 11.0 Å². The lowest BCUT2D eigenvalue weighted by atomic mass is 10.1. The van der Waals surface area contributed by atoms with Gasteiger partial charge in [0.25, 0.3) is 11.5 Å². The van der Waals surface area contributed by atoms with Gasteiger partial charge in [0.15, 0.2) is 5.16 Å². The van der Waals surface area contributed by atoms with E-state index in [2.05, 4.69) is 15.5 Å². The number of hydrazone groups is 1. The number of hydrogen-bond donors (Lipinski definition) is 1. The summed E-state index contributed by atoms with van der Waals surface area (Å²) >= 11 is 1.02. The Morgan fingerprint density at radius 1 is 1.00 bits per heavy atom. The van der Waals surface area contributed by atoms with E-state index in [0.717, 1.165) is 24.0 Å². The van der Waals surface area contributed by atoms with E-state index < -0.39 is 17.6 Å². The Labute approximate surface area is 196 Å². The third-order valence-corrected chi connectivity index (χ3v) is 5.69. The molecule has 0 fully saturated rings. The topological polar surface area (TPSA) is 76.3 Å². The fraction of sp³-hybridized carbons (Fsp3) is 0.0833. The Kier molecular flexibility index (Phi) is 6.78. The largest absolute Gasteiger partial charge is 0.417 e. The molecule has 4 rings (SSSR count). The molecule has 0 spiro atoms. The first-order chi connectivity index (χ1) is 16.3. The Hall–Kier alpha value is -3.92. The molecule has 0 aliphatic rings. The summed E-state index contributed by atoms with van der Waals surface area (Å²) in [5, 5.41) is 4.39. The van der Waals surface area contributed by atoms with Gasteiger partial charge in [0.2, 0.25) is 0 Å². The fourth-order valence-electron chi connectivity index (χ4n) is 3.22. The van der Waals surface area contributed by atoms with E-state index in [4.69, 9.17) is 0 Å². The number of thioether (sulfide) groups is 1. The molecule has 3 aromatic carbocycles. The van der Waals surface area contributed by atoms with Crippen LogP contribution in [0.4, 0.5) is 13.2 Å². The molecule has 10 heteroatoms. The summed E-state index contributed by atoms with van der Waals surface area (Å²) in [5.74, 6) is -0.719. The molecule has 0 saturated carbocycles. The van der Waals surface area contributed by atoms with Gasteiger partial charge < -0.3 is 0 Å². The first-order valence-corrected chi connectivity index (χ1v) is 11.0. The molecule has 0 saturated heterocycles. The molecule has 34 heavy (non-hydrogen) atoms. The number of aromatic nitrogens is 2. The van der Waals surface area contributed by atoms with Crippen LogP contribution in [-0.4, -0.2) is 27.4 Å². The Bertz CT molecular complexity index is 1420. The number of rotatable bonds is 6. The number of fused-ring (bicyclic) bond motifs is 1. The van der Waals surface area contributed by atoms with E-state index in [1.165, 1.54) is 22.8 Å². The van der Waals surface area contributed by atoms with Gasteiger partial charge in [-0.15, -0.1) is 0 Å². The van der Waals surface area contributed by atoms with Crippen LogP contribution in [0.25, 0.3) is 16.6 Å². The van der Waals surface area contributed by atoms with E-state index in [-0.39, 0.29) is 16.9 Å². The van der Waals surface area contributed by atoms with Crippen LogP contribution in [0.2, 0.25) is 0 Å². The maximum absolute atomic E-state index is 13.1. The summed E-state index contributed by atoms with van der Waals surface area (Å²) in [7, 11) is 0. The molecular formula is C24H17F3N4O2S. The summed E-state index contributed by atoms with van der Waals surface area (Å²) in [6, 6.07) is 20.7. The van der Waals surface area contributed by atoms with Crippen molar-refractivity contribution in [3.8, 4) is 5.69 Å². The number of para-hydroxylation sites is 2. The minimum atomic E-state index is -4.54. The fourth-order valence-corrected chi connectivity index (χ4v) is 4.02. The van der Waals surface area contributed by atoms with Gasteiger partial charge in [-0.2, -0.15) is 18.3 Å². The van der Waals surface area contributed by atoms with Gasteiger partial charge in [-0.25, -0.2) is 10.4 Å². The molecule has 1 aromatic heterocycles.